The highest BCUT2D eigenvalue weighted by molar-refractivity contribution is 6.37. The number of hydrogen-bond acceptors (Lipinski definition) is 3. The molecule has 0 aliphatic rings. The normalized spacial score (nSPS) is 11.9. The Morgan fingerprint density at radius 2 is 0.804 bits per heavy atom. The summed E-state index contributed by atoms with van der Waals surface area (Å²) in [6.45, 7) is 0. The number of benzene rings is 7. The van der Waals surface area contributed by atoms with Crippen molar-refractivity contribution in [2.75, 3.05) is 0 Å². The Kier molecular flexibility index (Phi) is 5.28. The maximum Gasteiger partial charge on any atom is 0.0901 e. The summed E-state index contributed by atoms with van der Waals surface area (Å²) in [5, 5.41) is 15.3. The van der Waals surface area contributed by atoms with Gasteiger partial charge in [-0.2, -0.15) is 0 Å². The molecule has 8 aromatic carbocycles. The Balaban J connectivity index is 1.21. The van der Waals surface area contributed by atoms with Crippen molar-refractivity contribution in [2.45, 2.75) is 0 Å². The Morgan fingerprint density at radius 3 is 1.37 bits per heavy atom. The van der Waals surface area contributed by atoms with E-state index in [-0.39, 0.29) is 0 Å². The highest BCUT2D eigenvalue weighted by Crippen LogP contribution is 2.44. The molecule has 10 aromatic rings. The van der Waals surface area contributed by atoms with Crippen molar-refractivity contribution in [3.8, 4) is 33.8 Å². The Morgan fingerprint density at radius 1 is 0.283 bits per heavy atom. The quantitative estimate of drug-likeness (QED) is 0.194. The Hall–Kier alpha value is -6.19. The molecule has 0 bridgehead atoms. The van der Waals surface area contributed by atoms with Crippen LogP contribution in [-0.2, 0) is 0 Å². The van der Waals surface area contributed by atoms with Crippen molar-refractivity contribution in [1.82, 2.24) is 15.0 Å². The zero-order valence-electron chi connectivity index (χ0n) is 24.8. The lowest BCUT2D eigenvalue weighted by atomic mass is 9.87. The van der Waals surface area contributed by atoms with E-state index in [1.807, 2.05) is 48.9 Å². The second-order valence-corrected chi connectivity index (χ2v) is 12.0. The number of pyridine rings is 1. The standard InChI is InChI=1S/C43H25N3/c1-2-7-26(8-3-1)38-24-46-39(25-45-38)31-19-20-37(44-23-31)32-21-30-18-17-29-10-5-13-34-33-12-4-9-27-15-16-28-11-6-14-35(42(28)40(27)33)36(22-32)43(30)41(29)34/h1-25H. The molecule has 212 valence electrons. The summed E-state index contributed by atoms with van der Waals surface area (Å²) in [5.41, 5.74) is 5.67. The van der Waals surface area contributed by atoms with Gasteiger partial charge in [-0.25, -0.2) is 0 Å². The summed E-state index contributed by atoms with van der Waals surface area (Å²) < 4.78 is 0. The predicted molar refractivity (Wildman–Crippen MR) is 192 cm³/mol. The van der Waals surface area contributed by atoms with Crippen LogP contribution < -0.4 is 0 Å². The van der Waals surface area contributed by atoms with Crippen molar-refractivity contribution >= 4 is 64.6 Å². The molecular formula is C43H25N3. The van der Waals surface area contributed by atoms with E-state index in [0.29, 0.717) is 0 Å². The fourth-order valence-corrected chi connectivity index (χ4v) is 7.38. The van der Waals surface area contributed by atoms with Gasteiger partial charge in [0.25, 0.3) is 0 Å². The van der Waals surface area contributed by atoms with Gasteiger partial charge in [0.15, 0.2) is 0 Å². The van der Waals surface area contributed by atoms with Crippen molar-refractivity contribution < 1.29 is 0 Å². The van der Waals surface area contributed by atoms with Crippen molar-refractivity contribution in [1.29, 1.82) is 0 Å². The minimum absolute atomic E-state index is 0.803. The molecule has 0 unspecified atom stereocenters. The SMILES string of the molecule is c1ccc(-c2cnc(-c3ccc(-c4cc5ccc6cccc7c8cccc9ccc%10cccc(c(c4)c5c67)c%10c98)nc3)cn2)cc1. The zero-order chi connectivity index (χ0) is 30.2. The molecule has 0 aliphatic carbocycles. The zero-order valence-corrected chi connectivity index (χ0v) is 24.8. The molecule has 46 heavy (non-hydrogen) atoms. The van der Waals surface area contributed by atoms with Gasteiger partial charge in [0, 0.05) is 22.9 Å². The summed E-state index contributed by atoms with van der Waals surface area (Å²) >= 11 is 0. The van der Waals surface area contributed by atoms with Gasteiger partial charge >= 0.3 is 0 Å². The van der Waals surface area contributed by atoms with Crippen LogP contribution in [0.15, 0.2) is 152 Å². The maximum absolute atomic E-state index is 4.96. The van der Waals surface area contributed by atoms with E-state index in [2.05, 4.69) is 108 Å². The molecule has 0 radical (unpaired) electrons. The van der Waals surface area contributed by atoms with Crippen molar-refractivity contribution in [2.24, 2.45) is 0 Å². The Labute approximate surface area is 264 Å². The molecule has 0 atom stereocenters. The van der Waals surface area contributed by atoms with Gasteiger partial charge in [-0.15, -0.1) is 0 Å². The molecule has 0 amide bonds. The van der Waals surface area contributed by atoms with E-state index >= 15 is 0 Å². The number of nitrogens with zero attached hydrogens (tertiary/aromatic N) is 3. The third-order valence-electron chi connectivity index (χ3n) is 9.50. The highest BCUT2D eigenvalue weighted by Gasteiger charge is 2.16. The van der Waals surface area contributed by atoms with Crippen LogP contribution in [0.5, 0.6) is 0 Å². The van der Waals surface area contributed by atoms with E-state index in [1.54, 1.807) is 0 Å². The van der Waals surface area contributed by atoms with E-state index < -0.39 is 0 Å². The van der Waals surface area contributed by atoms with Crippen LogP contribution in [0, 0.1) is 0 Å². The molecule has 2 heterocycles. The van der Waals surface area contributed by atoms with Crippen LogP contribution in [0.3, 0.4) is 0 Å². The van der Waals surface area contributed by atoms with Crippen LogP contribution in [0.2, 0.25) is 0 Å². The molecule has 3 heteroatoms. The molecule has 0 saturated carbocycles. The van der Waals surface area contributed by atoms with Gasteiger partial charge in [0.2, 0.25) is 0 Å². The van der Waals surface area contributed by atoms with Gasteiger partial charge in [-0.05, 0) is 88.9 Å². The first-order valence-corrected chi connectivity index (χ1v) is 15.6. The fourth-order valence-electron chi connectivity index (χ4n) is 7.38. The van der Waals surface area contributed by atoms with E-state index in [0.717, 1.165) is 33.8 Å². The number of aromatic nitrogens is 3. The molecule has 0 saturated heterocycles. The number of fused-ring (bicyclic) bond motifs is 2. The second-order valence-electron chi connectivity index (χ2n) is 12.0. The summed E-state index contributed by atoms with van der Waals surface area (Å²) in [4.78, 5) is 14.3. The minimum atomic E-state index is 0.803. The largest absolute Gasteiger partial charge is 0.256 e. The molecule has 3 nitrogen and oxygen atoms in total. The molecular weight excluding hydrogens is 558 g/mol. The monoisotopic (exact) mass is 583 g/mol. The fraction of sp³-hybridized carbons (Fsp3) is 0. The second kappa shape index (κ2) is 9.65. The first-order chi connectivity index (χ1) is 22.8. The molecule has 10 rings (SSSR count). The summed E-state index contributed by atoms with van der Waals surface area (Å²) in [5.74, 6) is 0. The lowest BCUT2D eigenvalue weighted by Gasteiger charge is -2.17. The van der Waals surface area contributed by atoms with Crippen molar-refractivity contribution in [3.63, 3.8) is 0 Å². The van der Waals surface area contributed by atoms with Crippen LogP contribution in [-0.4, -0.2) is 15.0 Å². The van der Waals surface area contributed by atoms with Crippen LogP contribution >= 0.6 is 0 Å². The van der Waals surface area contributed by atoms with Crippen molar-refractivity contribution in [3.05, 3.63) is 152 Å². The van der Waals surface area contributed by atoms with Gasteiger partial charge < -0.3 is 0 Å². The lowest BCUT2D eigenvalue weighted by molar-refractivity contribution is 1.20. The Bertz CT molecular complexity index is 2760. The minimum Gasteiger partial charge on any atom is -0.256 e. The van der Waals surface area contributed by atoms with Gasteiger partial charge in [-0.3, -0.25) is 15.0 Å². The highest BCUT2D eigenvalue weighted by atomic mass is 14.8. The molecule has 0 fully saturated rings. The third kappa shape index (κ3) is 3.69. The number of rotatable bonds is 3. The van der Waals surface area contributed by atoms with E-state index in [9.17, 15) is 0 Å². The number of hydrogen-bond donors (Lipinski definition) is 0. The lowest BCUT2D eigenvalue weighted by Crippen LogP contribution is -1.92. The summed E-state index contributed by atoms with van der Waals surface area (Å²) in [6.07, 6.45) is 5.56. The van der Waals surface area contributed by atoms with Crippen LogP contribution in [0.1, 0.15) is 0 Å². The third-order valence-corrected chi connectivity index (χ3v) is 9.50. The van der Waals surface area contributed by atoms with E-state index in [4.69, 9.17) is 9.97 Å². The predicted octanol–water partition coefficient (Wildman–Crippen LogP) is 11.2. The van der Waals surface area contributed by atoms with Crippen LogP contribution in [0.25, 0.3) is 98.4 Å². The van der Waals surface area contributed by atoms with Gasteiger partial charge in [0.1, 0.15) is 0 Å². The average Bonchev–Trinajstić information content (AvgIpc) is 3.13. The smallest absolute Gasteiger partial charge is 0.0901 e. The average molecular weight is 584 g/mol. The summed E-state index contributed by atoms with van der Waals surface area (Å²) in [6, 6.07) is 48.1. The maximum atomic E-state index is 4.96. The molecule has 0 aliphatic heterocycles. The molecule has 0 N–H and O–H groups in total. The molecule has 2 aromatic heterocycles. The van der Waals surface area contributed by atoms with E-state index in [1.165, 1.54) is 64.6 Å². The first kappa shape index (κ1) is 25.2. The molecule has 0 spiro atoms. The summed E-state index contributed by atoms with van der Waals surface area (Å²) in [7, 11) is 0. The van der Waals surface area contributed by atoms with Gasteiger partial charge in [-0.1, -0.05) is 109 Å². The topological polar surface area (TPSA) is 38.7 Å². The van der Waals surface area contributed by atoms with Gasteiger partial charge in [0.05, 0.1) is 29.5 Å². The van der Waals surface area contributed by atoms with Crippen LogP contribution in [0.4, 0.5) is 0 Å². The first-order valence-electron chi connectivity index (χ1n) is 15.6.